The SMILES string of the molecule is Cc1csc2ccc3c4ccnc(-c5cc(C(C)(C)C)c6ccccc6c5)c4sc3c12. The van der Waals surface area contributed by atoms with Crippen LogP contribution in [0.15, 0.2) is 66.2 Å². The van der Waals surface area contributed by atoms with E-state index in [1.54, 1.807) is 0 Å². The first kappa shape index (κ1) is 19.0. The molecule has 6 rings (SSSR count). The van der Waals surface area contributed by atoms with Gasteiger partial charge in [-0.15, -0.1) is 22.7 Å². The van der Waals surface area contributed by atoms with E-state index < -0.39 is 0 Å². The zero-order chi connectivity index (χ0) is 21.3. The van der Waals surface area contributed by atoms with E-state index in [-0.39, 0.29) is 5.41 Å². The van der Waals surface area contributed by atoms with E-state index in [4.69, 9.17) is 4.98 Å². The van der Waals surface area contributed by atoms with E-state index in [1.165, 1.54) is 57.7 Å². The Morgan fingerprint density at radius 1 is 0.839 bits per heavy atom. The van der Waals surface area contributed by atoms with Gasteiger partial charge in [0.2, 0.25) is 0 Å². The number of pyridine rings is 1. The van der Waals surface area contributed by atoms with Gasteiger partial charge in [0.15, 0.2) is 0 Å². The summed E-state index contributed by atoms with van der Waals surface area (Å²) in [5.74, 6) is 0. The first-order valence-corrected chi connectivity index (χ1v) is 12.3. The normalized spacial score (nSPS) is 12.5. The minimum Gasteiger partial charge on any atom is -0.255 e. The number of benzene rings is 3. The second-order valence-corrected chi connectivity index (χ2v) is 11.3. The maximum atomic E-state index is 4.91. The second kappa shape index (κ2) is 6.62. The molecule has 0 amide bonds. The molecule has 152 valence electrons. The molecule has 3 heterocycles. The van der Waals surface area contributed by atoms with Crippen LogP contribution in [0.5, 0.6) is 0 Å². The van der Waals surface area contributed by atoms with Gasteiger partial charge in [-0.1, -0.05) is 51.1 Å². The fraction of sp³-hybridized carbons (Fsp3) is 0.179. The first-order valence-electron chi connectivity index (χ1n) is 10.6. The summed E-state index contributed by atoms with van der Waals surface area (Å²) in [4.78, 5) is 4.91. The number of aryl methyl sites for hydroxylation is 1. The summed E-state index contributed by atoms with van der Waals surface area (Å²) in [6.07, 6.45) is 1.97. The topological polar surface area (TPSA) is 12.9 Å². The van der Waals surface area contributed by atoms with Crippen LogP contribution in [0.4, 0.5) is 0 Å². The molecule has 6 aromatic rings. The molecule has 0 N–H and O–H groups in total. The van der Waals surface area contributed by atoms with Crippen LogP contribution in [-0.2, 0) is 5.41 Å². The molecule has 1 nitrogen and oxygen atoms in total. The molecule has 3 aromatic carbocycles. The molecular formula is C28H23NS2. The summed E-state index contributed by atoms with van der Waals surface area (Å²) < 4.78 is 4.04. The van der Waals surface area contributed by atoms with Crippen molar-refractivity contribution < 1.29 is 0 Å². The molecule has 0 atom stereocenters. The zero-order valence-electron chi connectivity index (χ0n) is 18.1. The summed E-state index contributed by atoms with van der Waals surface area (Å²) in [7, 11) is 0. The highest BCUT2D eigenvalue weighted by Gasteiger charge is 2.20. The summed E-state index contributed by atoms with van der Waals surface area (Å²) in [6.45, 7) is 9.10. The third kappa shape index (κ3) is 2.84. The maximum absolute atomic E-state index is 4.91. The van der Waals surface area contributed by atoms with E-state index in [0.29, 0.717) is 0 Å². The van der Waals surface area contributed by atoms with E-state index in [1.807, 2.05) is 28.9 Å². The van der Waals surface area contributed by atoms with Crippen LogP contribution in [0.1, 0.15) is 31.9 Å². The Balaban J connectivity index is 1.71. The molecule has 3 heteroatoms. The monoisotopic (exact) mass is 437 g/mol. The maximum Gasteiger partial charge on any atom is 0.0880 e. The number of hydrogen-bond acceptors (Lipinski definition) is 3. The second-order valence-electron chi connectivity index (χ2n) is 9.37. The molecule has 0 saturated carbocycles. The molecule has 0 aliphatic carbocycles. The fourth-order valence-corrected chi connectivity index (χ4v) is 7.14. The summed E-state index contributed by atoms with van der Waals surface area (Å²) >= 11 is 3.73. The largest absolute Gasteiger partial charge is 0.255 e. The van der Waals surface area contributed by atoms with Gasteiger partial charge >= 0.3 is 0 Å². The lowest BCUT2D eigenvalue weighted by Gasteiger charge is -2.22. The van der Waals surface area contributed by atoms with Crippen molar-refractivity contribution in [1.82, 2.24) is 4.98 Å². The number of fused-ring (bicyclic) bond motifs is 6. The minimum atomic E-state index is 0.0592. The van der Waals surface area contributed by atoms with Gasteiger partial charge in [-0.25, -0.2) is 0 Å². The number of thiophene rings is 2. The molecule has 0 spiro atoms. The molecule has 0 bridgehead atoms. The number of aromatic nitrogens is 1. The van der Waals surface area contributed by atoms with Gasteiger partial charge in [0.25, 0.3) is 0 Å². The highest BCUT2D eigenvalue weighted by Crippen LogP contribution is 2.45. The van der Waals surface area contributed by atoms with Gasteiger partial charge in [0, 0.05) is 37.3 Å². The summed E-state index contributed by atoms with van der Waals surface area (Å²) in [5.41, 5.74) is 5.10. The lowest BCUT2D eigenvalue weighted by molar-refractivity contribution is 0.596. The average Bonchev–Trinajstić information content (AvgIpc) is 3.32. The zero-order valence-corrected chi connectivity index (χ0v) is 19.7. The Morgan fingerprint density at radius 2 is 1.65 bits per heavy atom. The lowest BCUT2D eigenvalue weighted by atomic mass is 9.82. The van der Waals surface area contributed by atoms with Crippen LogP contribution in [0, 0.1) is 6.92 Å². The van der Waals surface area contributed by atoms with Gasteiger partial charge in [-0.05, 0) is 63.9 Å². The van der Waals surface area contributed by atoms with Gasteiger partial charge in [-0.2, -0.15) is 0 Å². The Morgan fingerprint density at radius 3 is 2.48 bits per heavy atom. The Bertz CT molecular complexity index is 1630. The highest BCUT2D eigenvalue weighted by molar-refractivity contribution is 7.28. The van der Waals surface area contributed by atoms with E-state index in [0.717, 1.165) is 5.69 Å². The van der Waals surface area contributed by atoms with Crippen molar-refractivity contribution in [2.75, 3.05) is 0 Å². The highest BCUT2D eigenvalue weighted by atomic mass is 32.1. The van der Waals surface area contributed by atoms with Crippen molar-refractivity contribution in [3.05, 3.63) is 77.3 Å². The molecule has 0 unspecified atom stereocenters. The van der Waals surface area contributed by atoms with E-state index in [9.17, 15) is 0 Å². The quantitative estimate of drug-likeness (QED) is 0.250. The van der Waals surface area contributed by atoms with Crippen LogP contribution in [0.3, 0.4) is 0 Å². The number of hydrogen-bond donors (Lipinski definition) is 0. The van der Waals surface area contributed by atoms with Crippen molar-refractivity contribution in [1.29, 1.82) is 0 Å². The van der Waals surface area contributed by atoms with Crippen molar-refractivity contribution in [2.24, 2.45) is 0 Å². The molecule has 0 aliphatic heterocycles. The molecule has 31 heavy (non-hydrogen) atoms. The Kier molecular flexibility index (Phi) is 4.05. The van der Waals surface area contributed by atoms with E-state index >= 15 is 0 Å². The molecular weight excluding hydrogens is 414 g/mol. The number of rotatable bonds is 1. The standard InChI is InChI=1S/C28H23NS2/c1-16-15-30-23-10-9-20-21-11-12-29-25(27(21)31-26(20)24(16)23)18-13-17-7-5-6-8-19(17)22(14-18)28(2,3)4/h5-15H,1-4H3. The minimum absolute atomic E-state index is 0.0592. The number of nitrogens with zero attached hydrogens (tertiary/aromatic N) is 1. The summed E-state index contributed by atoms with van der Waals surface area (Å²) in [6, 6.07) is 20.1. The molecule has 0 radical (unpaired) electrons. The molecule has 0 aliphatic rings. The first-order chi connectivity index (χ1) is 14.9. The van der Waals surface area contributed by atoms with Crippen LogP contribution < -0.4 is 0 Å². The van der Waals surface area contributed by atoms with Crippen LogP contribution in [-0.4, -0.2) is 4.98 Å². The Hall–Kier alpha value is -2.75. The predicted molar refractivity (Wildman–Crippen MR) is 139 cm³/mol. The van der Waals surface area contributed by atoms with Gasteiger partial charge in [-0.3, -0.25) is 4.98 Å². The lowest BCUT2D eigenvalue weighted by Crippen LogP contribution is -2.12. The van der Waals surface area contributed by atoms with Crippen LogP contribution in [0.25, 0.3) is 52.3 Å². The third-order valence-corrected chi connectivity index (χ3v) is 8.53. The van der Waals surface area contributed by atoms with Crippen molar-refractivity contribution >= 4 is 63.7 Å². The van der Waals surface area contributed by atoms with Crippen LogP contribution in [0.2, 0.25) is 0 Å². The van der Waals surface area contributed by atoms with Gasteiger partial charge < -0.3 is 0 Å². The third-order valence-electron chi connectivity index (χ3n) is 6.22. The van der Waals surface area contributed by atoms with Crippen LogP contribution >= 0.6 is 22.7 Å². The average molecular weight is 438 g/mol. The van der Waals surface area contributed by atoms with E-state index in [2.05, 4.69) is 87.7 Å². The van der Waals surface area contributed by atoms with Crippen molar-refractivity contribution in [2.45, 2.75) is 33.1 Å². The van der Waals surface area contributed by atoms with Gasteiger partial charge in [0.1, 0.15) is 0 Å². The summed E-state index contributed by atoms with van der Waals surface area (Å²) in [5, 5.41) is 8.94. The van der Waals surface area contributed by atoms with Crippen molar-refractivity contribution in [3.8, 4) is 11.3 Å². The molecule has 0 fully saturated rings. The smallest absolute Gasteiger partial charge is 0.0880 e. The molecule has 3 aromatic heterocycles. The Labute approximate surface area is 190 Å². The van der Waals surface area contributed by atoms with Crippen molar-refractivity contribution in [3.63, 3.8) is 0 Å². The molecule has 0 saturated heterocycles. The predicted octanol–water partition coefficient (Wildman–Crippen LogP) is 9.09. The fourth-order valence-electron chi connectivity index (χ4n) is 4.70. The van der Waals surface area contributed by atoms with Gasteiger partial charge in [0.05, 0.1) is 10.4 Å².